The van der Waals surface area contributed by atoms with Gasteiger partial charge in [-0.25, -0.2) is 8.42 Å². The lowest BCUT2D eigenvalue weighted by molar-refractivity contribution is 0.0495. The Hall–Kier alpha value is -2.62. The number of hydrogen-bond acceptors (Lipinski definition) is 6. The molecule has 0 unspecified atom stereocenters. The van der Waals surface area contributed by atoms with E-state index in [9.17, 15) is 13.2 Å². The Bertz CT molecular complexity index is 1020. The van der Waals surface area contributed by atoms with E-state index in [4.69, 9.17) is 15.2 Å². The number of anilines is 1. The van der Waals surface area contributed by atoms with Gasteiger partial charge in [-0.2, -0.15) is 0 Å². The van der Waals surface area contributed by atoms with E-state index in [1.165, 1.54) is 24.5 Å². The van der Waals surface area contributed by atoms with Crippen LogP contribution in [0.3, 0.4) is 0 Å². The molecule has 0 aliphatic heterocycles. The standard InChI is InChI=1S/C23H33N3O5S/c1-6-26(7-2)15-14-19-21(13-12-20(23(24)27)22(19)31-16-30-5)25(4)32(28,29)18-10-8-17(3)9-11-18/h8-13H,6-7,14-16H2,1-5H3,(H2,24,27). The number of primary amides is 1. The molecule has 0 fully saturated rings. The number of likely N-dealkylation sites (N-methyl/N-ethyl adjacent to an activating group) is 1. The molecule has 0 spiro atoms. The summed E-state index contributed by atoms with van der Waals surface area (Å²) in [7, 11) is -0.870. The summed E-state index contributed by atoms with van der Waals surface area (Å²) in [5.41, 5.74) is 7.74. The third-order valence-corrected chi connectivity index (χ3v) is 7.20. The molecule has 0 bridgehead atoms. The summed E-state index contributed by atoms with van der Waals surface area (Å²) in [6.07, 6.45) is 0.463. The third-order valence-electron chi connectivity index (χ3n) is 5.41. The number of rotatable bonds is 12. The van der Waals surface area contributed by atoms with Crippen LogP contribution in [0.25, 0.3) is 0 Å². The molecule has 2 N–H and O–H groups in total. The Morgan fingerprint density at radius 2 is 1.69 bits per heavy atom. The smallest absolute Gasteiger partial charge is 0.264 e. The Labute approximate surface area is 191 Å². The van der Waals surface area contributed by atoms with Gasteiger partial charge in [-0.05, 0) is 50.7 Å². The zero-order valence-electron chi connectivity index (χ0n) is 19.4. The first-order valence-electron chi connectivity index (χ1n) is 10.5. The summed E-state index contributed by atoms with van der Waals surface area (Å²) in [4.78, 5) is 14.5. The number of nitrogens with two attached hydrogens (primary N) is 1. The van der Waals surface area contributed by atoms with Crippen LogP contribution in [0.15, 0.2) is 41.3 Å². The second kappa shape index (κ2) is 11.3. The average Bonchev–Trinajstić information content (AvgIpc) is 2.77. The van der Waals surface area contributed by atoms with Crippen LogP contribution in [0.2, 0.25) is 0 Å². The molecule has 8 nitrogen and oxygen atoms in total. The molecular formula is C23H33N3O5S. The molecule has 0 saturated heterocycles. The summed E-state index contributed by atoms with van der Waals surface area (Å²) in [6.45, 7) is 8.25. The van der Waals surface area contributed by atoms with E-state index < -0.39 is 15.9 Å². The molecule has 9 heteroatoms. The molecular weight excluding hydrogens is 430 g/mol. The van der Waals surface area contributed by atoms with E-state index in [0.717, 1.165) is 18.7 Å². The highest BCUT2D eigenvalue weighted by Crippen LogP contribution is 2.35. The third kappa shape index (κ3) is 5.79. The molecule has 176 valence electrons. The molecule has 2 rings (SSSR count). The molecule has 0 atom stereocenters. The zero-order valence-corrected chi connectivity index (χ0v) is 20.2. The summed E-state index contributed by atoms with van der Waals surface area (Å²) in [5.74, 6) is -0.411. The number of ether oxygens (including phenoxy) is 2. The fourth-order valence-electron chi connectivity index (χ4n) is 3.44. The predicted molar refractivity (Wildman–Crippen MR) is 126 cm³/mol. The van der Waals surface area contributed by atoms with Crippen molar-refractivity contribution in [2.75, 3.05) is 44.9 Å². The van der Waals surface area contributed by atoms with E-state index in [2.05, 4.69) is 18.7 Å². The molecule has 32 heavy (non-hydrogen) atoms. The Morgan fingerprint density at radius 1 is 1.06 bits per heavy atom. The molecule has 2 aromatic carbocycles. The van der Waals surface area contributed by atoms with Gasteiger partial charge >= 0.3 is 0 Å². The minimum absolute atomic E-state index is 0.101. The molecule has 0 saturated carbocycles. The number of carbonyl (C=O) groups excluding carboxylic acids is 1. The van der Waals surface area contributed by atoms with Crippen LogP contribution < -0.4 is 14.8 Å². The van der Waals surface area contributed by atoms with Gasteiger partial charge in [0.25, 0.3) is 15.9 Å². The van der Waals surface area contributed by atoms with Crippen LogP contribution in [-0.2, 0) is 21.2 Å². The minimum Gasteiger partial charge on any atom is -0.466 e. The van der Waals surface area contributed by atoms with Gasteiger partial charge < -0.3 is 20.1 Å². The largest absolute Gasteiger partial charge is 0.466 e. The van der Waals surface area contributed by atoms with E-state index in [-0.39, 0.29) is 23.0 Å². The van der Waals surface area contributed by atoms with Crippen molar-refractivity contribution >= 4 is 21.6 Å². The van der Waals surface area contributed by atoms with E-state index in [0.29, 0.717) is 24.2 Å². The van der Waals surface area contributed by atoms with E-state index in [1.54, 1.807) is 30.3 Å². The van der Waals surface area contributed by atoms with Crippen LogP contribution in [0, 0.1) is 6.92 Å². The van der Waals surface area contributed by atoms with Crippen molar-refractivity contribution in [3.8, 4) is 5.75 Å². The minimum atomic E-state index is -3.83. The summed E-state index contributed by atoms with van der Waals surface area (Å²) in [5, 5.41) is 0. The fourth-order valence-corrected chi connectivity index (χ4v) is 4.66. The van der Waals surface area contributed by atoms with Crippen molar-refractivity contribution in [3.05, 3.63) is 53.1 Å². The van der Waals surface area contributed by atoms with Gasteiger partial charge in [0, 0.05) is 26.3 Å². The first-order chi connectivity index (χ1) is 15.2. The number of aryl methyl sites for hydroxylation is 1. The van der Waals surface area contributed by atoms with Crippen LogP contribution in [-0.4, -0.2) is 59.8 Å². The van der Waals surface area contributed by atoms with Crippen LogP contribution in [0.4, 0.5) is 5.69 Å². The highest BCUT2D eigenvalue weighted by molar-refractivity contribution is 7.92. The van der Waals surface area contributed by atoms with Gasteiger partial charge in [0.2, 0.25) is 0 Å². The van der Waals surface area contributed by atoms with E-state index in [1.807, 2.05) is 6.92 Å². The number of nitrogens with zero attached hydrogens (tertiary/aromatic N) is 2. The van der Waals surface area contributed by atoms with Crippen LogP contribution in [0.5, 0.6) is 5.75 Å². The topological polar surface area (TPSA) is 102 Å². The summed E-state index contributed by atoms with van der Waals surface area (Å²) >= 11 is 0. The fraction of sp³-hybridized carbons (Fsp3) is 0.435. The van der Waals surface area contributed by atoms with Crippen molar-refractivity contribution in [3.63, 3.8) is 0 Å². The van der Waals surface area contributed by atoms with Crippen molar-refractivity contribution in [1.82, 2.24) is 4.90 Å². The molecule has 2 aromatic rings. The van der Waals surface area contributed by atoms with Crippen molar-refractivity contribution in [2.24, 2.45) is 5.73 Å². The van der Waals surface area contributed by atoms with Gasteiger partial charge in [-0.3, -0.25) is 9.10 Å². The van der Waals surface area contributed by atoms with Gasteiger partial charge in [0.15, 0.2) is 6.79 Å². The van der Waals surface area contributed by atoms with Crippen LogP contribution in [0.1, 0.15) is 35.3 Å². The summed E-state index contributed by atoms with van der Waals surface area (Å²) < 4.78 is 38.7. The molecule has 0 aliphatic carbocycles. The Balaban J connectivity index is 2.62. The number of benzene rings is 2. The van der Waals surface area contributed by atoms with Gasteiger partial charge in [0.1, 0.15) is 5.75 Å². The first-order valence-corrected chi connectivity index (χ1v) is 12.0. The lowest BCUT2D eigenvalue weighted by Gasteiger charge is -2.26. The highest BCUT2D eigenvalue weighted by Gasteiger charge is 2.27. The van der Waals surface area contributed by atoms with E-state index >= 15 is 0 Å². The number of methoxy groups -OCH3 is 1. The number of hydrogen-bond donors (Lipinski definition) is 1. The zero-order chi connectivity index (χ0) is 23.9. The number of sulfonamides is 1. The number of carbonyl (C=O) groups is 1. The van der Waals surface area contributed by atoms with Gasteiger partial charge in [-0.15, -0.1) is 0 Å². The quantitative estimate of drug-likeness (QED) is 0.486. The molecule has 0 aromatic heterocycles. The average molecular weight is 464 g/mol. The maximum Gasteiger partial charge on any atom is 0.264 e. The Morgan fingerprint density at radius 3 is 2.22 bits per heavy atom. The second-order valence-electron chi connectivity index (χ2n) is 7.42. The van der Waals surface area contributed by atoms with Crippen molar-refractivity contribution < 1.29 is 22.7 Å². The van der Waals surface area contributed by atoms with Gasteiger partial charge in [0.05, 0.1) is 16.1 Å². The maximum absolute atomic E-state index is 13.3. The molecule has 1 amide bonds. The second-order valence-corrected chi connectivity index (χ2v) is 9.39. The maximum atomic E-state index is 13.3. The Kier molecular flexibility index (Phi) is 9.06. The predicted octanol–water partition coefficient (Wildman–Crippen LogP) is 2.79. The van der Waals surface area contributed by atoms with Crippen LogP contribution >= 0.6 is 0 Å². The molecule has 0 aliphatic rings. The van der Waals surface area contributed by atoms with Crippen molar-refractivity contribution in [2.45, 2.75) is 32.1 Å². The normalized spacial score (nSPS) is 11.6. The van der Waals surface area contributed by atoms with Crippen molar-refractivity contribution in [1.29, 1.82) is 0 Å². The monoisotopic (exact) mass is 463 g/mol. The lowest BCUT2D eigenvalue weighted by atomic mass is 10.0. The highest BCUT2D eigenvalue weighted by atomic mass is 32.2. The SMILES string of the molecule is CCN(CC)CCc1c(N(C)S(=O)(=O)c2ccc(C)cc2)ccc(C(N)=O)c1OCOC. The first kappa shape index (κ1) is 25.6. The number of amides is 1. The van der Waals surface area contributed by atoms with Gasteiger partial charge in [-0.1, -0.05) is 31.5 Å². The summed E-state index contributed by atoms with van der Waals surface area (Å²) in [6, 6.07) is 9.76. The lowest BCUT2D eigenvalue weighted by Crippen LogP contribution is -2.30. The molecule has 0 heterocycles. The molecule has 0 radical (unpaired) electrons.